The smallest absolute Gasteiger partial charge is 0.143 e. The number of aromatic nitrogens is 2. The SMILES string of the molecule is CC(CN)c1nc2cccnc2s1. The molecule has 2 aromatic heterocycles. The lowest BCUT2D eigenvalue weighted by Gasteiger charge is -2.00. The highest BCUT2D eigenvalue weighted by Crippen LogP contribution is 2.24. The van der Waals surface area contributed by atoms with Crippen LogP contribution in [0.1, 0.15) is 17.8 Å². The first-order valence-corrected chi connectivity index (χ1v) is 5.04. The molecule has 0 fully saturated rings. The lowest BCUT2D eigenvalue weighted by Crippen LogP contribution is -2.08. The molecule has 0 amide bonds. The summed E-state index contributed by atoms with van der Waals surface area (Å²) in [5.41, 5.74) is 6.55. The zero-order chi connectivity index (χ0) is 9.26. The van der Waals surface area contributed by atoms with Crippen molar-refractivity contribution in [2.75, 3.05) is 6.54 Å². The largest absolute Gasteiger partial charge is 0.330 e. The highest BCUT2D eigenvalue weighted by Gasteiger charge is 2.09. The van der Waals surface area contributed by atoms with Crippen molar-refractivity contribution < 1.29 is 0 Å². The molecule has 0 aliphatic heterocycles. The lowest BCUT2D eigenvalue weighted by molar-refractivity contribution is 0.768. The van der Waals surface area contributed by atoms with Crippen LogP contribution in [0.2, 0.25) is 0 Å². The van der Waals surface area contributed by atoms with E-state index in [9.17, 15) is 0 Å². The molecule has 0 saturated heterocycles. The van der Waals surface area contributed by atoms with Crippen molar-refractivity contribution in [1.29, 1.82) is 0 Å². The van der Waals surface area contributed by atoms with Crippen molar-refractivity contribution >= 4 is 21.7 Å². The van der Waals surface area contributed by atoms with Gasteiger partial charge in [-0.2, -0.15) is 0 Å². The van der Waals surface area contributed by atoms with Gasteiger partial charge in [0.15, 0.2) is 0 Å². The summed E-state index contributed by atoms with van der Waals surface area (Å²) in [7, 11) is 0. The van der Waals surface area contributed by atoms with Crippen LogP contribution < -0.4 is 5.73 Å². The molecule has 0 radical (unpaired) electrons. The first-order valence-electron chi connectivity index (χ1n) is 4.23. The van der Waals surface area contributed by atoms with Crippen LogP contribution in [-0.4, -0.2) is 16.5 Å². The molecule has 3 nitrogen and oxygen atoms in total. The molecule has 0 bridgehead atoms. The van der Waals surface area contributed by atoms with Crippen molar-refractivity contribution in [2.24, 2.45) is 5.73 Å². The molecule has 2 heterocycles. The van der Waals surface area contributed by atoms with Gasteiger partial charge >= 0.3 is 0 Å². The minimum absolute atomic E-state index is 0.333. The second kappa shape index (κ2) is 3.40. The summed E-state index contributed by atoms with van der Waals surface area (Å²) in [6.07, 6.45) is 1.79. The Bertz CT molecular complexity index is 377. The molecule has 2 aromatic rings. The van der Waals surface area contributed by atoms with E-state index in [1.165, 1.54) is 0 Å². The van der Waals surface area contributed by atoms with E-state index in [0.29, 0.717) is 12.5 Å². The summed E-state index contributed by atoms with van der Waals surface area (Å²) in [5, 5.41) is 1.08. The predicted octanol–water partition coefficient (Wildman–Crippen LogP) is 1.75. The van der Waals surface area contributed by atoms with E-state index in [0.717, 1.165) is 15.4 Å². The van der Waals surface area contributed by atoms with Crippen LogP contribution in [0.25, 0.3) is 10.3 Å². The number of pyridine rings is 1. The molecule has 2 N–H and O–H groups in total. The Labute approximate surface area is 80.6 Å². The quantitative estimate of drug-likeness (QED) is 0.790. The normalized spacial score (nSPS) is 13.4. The van der Waals surface area contributed by atoms with E-state index in [1.807, 2.05) is 12.1 Å². The summed E-state index contributed by atoms with van der Waals surface area (Å²) in [6.45, 7) is 2.72. The van der Waals surface area contributed by atoms with Crippen molar-refractivity contribution in [3.8, 4) is 0 Å². The van der Waals surface area contributed by atoms with E-state index in [2.05, 4.69) is 16.9 Å². The van der Waals surface area contributed by atoms with Gasteiger partial charge in [0, 0.05) is 18.7 Å². The molecule has 4 heteroatoms. The maximum Gasteiger partial charge on any atom is 0.143 e. The Morgan fingerprint density at radius 1 is 1.62 bits per heavy atom. The first-order chi connectivity index (χ1) is 6.31. The van der Waals surface area contributed by atoms with Gasteiger partial charge < -0.3 is 5.73 Å². The molecule has 0 saturated carbocycles. The van der Waals surface area contributed by atoms with Crippen molar-refractivity contribution in [3.63, 3.8) is 0 Å². The van der Waals surface area contributed by atoms with E-state index in [4.69, 9.17) is 5.73 Å². The minimum Gasteiger partial charge on any atom is -0.330 e. The summed E-state index contributed by atoms with van der Waals surface area (Å²) in [5.74, 6) is 0.333. The van der Waals surface area contributed by atoms with Gasteiger partial charge in [0.05, 0.1) is 5.01 Å². The topological polar surface area (TPSA) is 51.8 Å². The predicted molar refractivity (Wildman–Crippen MR) is 54.9 cm³/mol. The Morgan fingerprint density at radius 2 is 2.46 bits per heavy atom. The fourth-order valence-electron chi connectivity index (χ4n) is 1.10. The van der Waals surface area contributed by atoms with Crippen LogP contribution in [0, 0.1) is 0 Å². The Morgan fingerprint density at radius 3 is 3.15 bits per heavy atom. The average molecular weight is 193 g/mol. The highest BCUT2D eigenvalue weighted by atomic mass is 32.1. The van der Waals surface area contributed by atoms with Crippen molar-refractivity contribution in [2.45, 2.75) is 12.8 Å². The van der Waals surface area contributed by atoms with Gasteiger partial charge in [0.2, 0.25) is 0 Å². The minimum atomic E-state index is 0.333. The second-order valence-corrected chi connectivity index (χ2v) is 4.03. The number of nitrogens with zero attached hydrogens (tertiary/aromatic N) is 2. The van der Waals surface area contributed by atoms with Gasteiger partial charge in [-0.15, -0.1) is 0 Å². The Balaban J connectivity index is 2.49. The third-order valence-corrected chi connectivity index (χ3v) is 3.17. The molecule has 0 spiro atoms. The Hall–Kier alpha value is -1.00. The average Bonchev–Trinajstić information content (AvgIpc) is 2.59. The van der Waals surface area contributed by atoms with Gasteiger partial charge in [-0.25, -0.2) is 9.97 Å². The van der Waals surface area contributed by atoms with E-state index < -0.39 is 0 Å². The molecule has 1 unspecified atom stereocenters. The van der Waals surface area contributed by atoms with Gasteiger partial charge in [-0.05, 0) is 12.1 Å². The highest BCUT2D eigenvalue weighted by molar-refractivity contribution is 7.18. The molecule has 0 aliphatic rings. The molecule has 13 heavy (non-hydrogen) atoms. The molecule has 0 aliphatic carbocycles. The number of hydrogen-bond acceptors (Lipinski definition) is 4. The summed E-state index contributed by atoms with van der Waals surface area (Å²) in [6, 6.07) is 3.88. The zero-order valence-corrected chi connectivity index (χ0v) is 8.21. The number of thiazole rings is 1. The monoisotopic (exact) mass is 193 g/mol. The zero-order valence-electron chi connectivity index (χ0n) is 7.40. The van der Waals surface area contributed by atoms with Crippen LogP contribution in [0.3, 0.4) is 0 Å². The maximum absolute atomic E-state index is 5.57. The van der Waals surface area contributed by atoms with Crippen LogP contribution in [0.15, 0.2) is 18.3 Å². The summed E-state index contributed by atoms with van der Waals surface area (Å²) >= 11 is 1.63. The summed E-state index contributed by atoms with van der Waals surface area (Å²) < 4.78 is 0. The molecule has 68 valence electrons. The second-order valence-electron chi connectivity index (χ2n) is 3.02. The van der Waals surface area contributed by atoms with E-state index in [-0.39, 0.29) is 0 Å². The van der Waals surface area contributed by atoms with Crippen LogP contribution in [-0.2, 0) is 0 Å². The van der Waals surface area contributed by atoms with Crippen LogP contribution >= 0.6 is 11.3 Å². The van der Waals surface area contributed by atoms with Crippen molar-refractivity contribution in [3.05, 3.63) is 23.3 Å². The van der Waals surface area contributed by atoms with Crippen LogP contribution in [0.5, 0.6) is 0 Å². The van der Waals surface area contributed by atoms with E-state index >= 15 is 0 Å². The lowest BCUT2D eigenvalue weighted by atomic mass is 10.2. The van der Waals surface area contributed by atoms with E-state index in [1.54, 1.807) is 17.5 Å². The molecule has 2 rings (SSSR count). The molecule has 1 atom stereocenters. The molecular weight excluding hydrogens is 182 g/mol. The van der Waals surface area contributed by atoms with Gasteiger partial charge in [0.1, 0.15) is 10.3 Å². The number of fused-ring (bicyclic) bond motifs is 1. The number of hydrogen-bond donors (Lipinski definition) is 1. The fourth-order valence-corrected chi connectivity index (χ4v) is 2.07. The molecular formula is C9H11N3S. The van der Waals surface area contributed by atoms with Crippen molar-refractivity contribution in [1.82, 2.24) is 9.97 Å². The van der Waals surface area contributed by atoms with Gasteiger partial charge in [-0.1, -0.05) is 18.3 Å². The molecule has 0 aromatic carbocycles. The number of nitrogens with two attached hydrogens (primary N) is 1. The van der Waals surface area contributed by atoms with Gasteiger partial charge in [-0.3, -0.25) is 0 Å². The maximum atomic E-state index is 5.57. The summed E-state index contributed by atoms with van der Waals surface area (Å²) in [4.78, 5) is 9.69. The van der Waals surface area contributed by atoms with Crippen LogP contribution in [0.4, 0.5) is 0 Å². The number of rotatable bonds is 2. The first kappa shape index (κ1) is 8.59. The third kappa shape index (κ3) is 1.55. The third-order valence-electron chi connectivity index (χ3n) is 1.96. The Kier molecular flexibility index (Phi) is 2.24. The van der Waals surface area contributed by atoms with Gasteiger partial charge in [0.25, 0.3) is 0 Å². The fraction of sp³-hybridized carbons (Fsp3) is 0.333. The standard InChI is InChI=1S/C9H11N3S/c1-6(5-10)8-12-7-3-2-4-11-9(7)13-8/h2-4,6H,5,10H2,1H3.